The van der Waals surface area contributed by atoms with E-state index in [0.717, 1.165) is 47.2 Å². The molecule has 1 N–H and O–H groups in total. The Morgan fingerprint density at radius 2 is 1.97 bits per heavy atom. The molecule has 0 radical (unpaired) electrons. The number of amides is 1. The monoisotopic (exact) mass is 580 g/mol. The molecule has 0 bridgehead atoms. The van der Waals surface area contributed by atoms with Crippen LogP contribution in [0.1, 0.15) is 24.3 Å². The van der Waals surface area contributed by atoms with E-state index in [1.807, 2.05) is 43.3 Å². The Morgan fingerprint density at radius 1 is 1.23 bits per heavy atom. The van der Waals surface area contributed by atoms with Gasteiger partial charge >= 0.3 is 0 Å². The summed E-state index contributed by atoms with van der Waals surface area (Å²) >= 11 is 5.71. The van der Waals surface area contributed by atoms with E-state index in [0.29, 0.717) is 18.3 Å². The van der Waals surface area contributed by atoms with Gasteiger partial charge in [-0.2, -0.15) is 4.98 Å². The van der Waals surface area contributed by atoms with Crippen molar-refractivity contribution in [3.8, 4) is 11.4 Å². The average Bonchev–Trinajstić information content (AvgIpc) is 3.19. The lowest BCUT2D eigenvalue weighted by molar-refractivity contribution is -0.121. The molecular formula is C22H22BrIN4O2. The molecule has 2 heterocycles. The van der Waals surface area contributed by atoms with Gasteiger partial charge in [0.15, 0.2) is 0 Å². The summed E-state index contributed by atoms with van der Waals surface area (Å²) in [4.78, 5) is 19.5. The van der Waals surface area contributed by atoms with E-state index in [-0.39, 0.29) is 11.8 Å². The molecule has 0 unspecified atom stereocenters. The number of likely N-dealkylation sites (tertiary alicyclic amines) is 1. The highest BCUT2D eigenvalue weighted by Gasteiger charge is 2.26. The highest BCUT2D eigenvalue weighted by Crippen LogP contribution is 2.24. The minimum absolute atomic E-state index is 0.0286. The number of aryl methyl sites for hydroxylation is 1. The first-order chi connectivity index (χ1) is 14.5. The smallest absolute Gasteiger partial charge is 0.241 e. The Bertz CT molecular complexity index is 1030. The van der Waals surface area contributed by atoms with E-state index >= 15 is 0 Å². The van der Waals surface area contributed by atoms with Gasteiger partial charge in [-0.25, -0.2) is 0 Å². The lowest BCUT2D eigenvalue weighted by Gasteiger charge is -2.30. The molecule has 1 amide bonds. The van der Waals surface area contributed by atoms with Crippen molar-refractivity contribution in [1.29, 1.82) is 0 Å². The van der Waals surface area contributed by atoms with Crippen LogP contribution in [0, 0.1) is 16.4 Å². The number of aromatic nitrogens is 2. The van der Waals surface area contributed by atoms with Crippen molar-refractivity contribution in [1.82, 2.24) is 15.0 Å². The third-order valence-corrected chi connectivity index (χ3v) is 6.53. The summed E-state index contributed by atoms with van der Waals surface area (Å²) in [7, 11) is 0. The van der Waals surface area contributed by atoms with Crippen LogP contribution in [0.15, 0.2) is 51.5 Å². The van der Waals surface area contributed by atoms with Crippen molar-refractivity contribution in [2.45, 2.75) is 26.3 Å². The first-order valence-electron chi connectivity index (χ1n) is 9.86. The maximum atomic E-state index is 12.7. The zero-order chi connectivity index (χ0) is 21.1. The average molecular weight is 581 g/mol. The number of hydrogen-bond donors (Lipinski definition) is 1. The topological polar surface area (TPSA) is 71.3 Å². The fraction of sp³-hybridized carbons (Fsp3) is 0.318. The van der Waals surface area contributed by atoms with Crippen LogP contribution in [-0.4, -0.2) is 34.0 Å². The van der Waals surface area contributed by atoms with Crippen LogP contribution in [0.25, 0.3) is 11.4 Å². The van der Waals surface area contributed by atoms with Crippen molar-refractivity contribution in [3.05, 3.63) is 62.0 Å². The van der Waals surface area contributed by atoms with E-state index in [1.54, 1.807) is 0 Å². The molecule has 1 aliphatic rings. The first-order valence-corrected chi connectivity index (χ1v) is 11.7. The fourth-order valence-corrected chi connectivity index (χ4v) is 4.49. The Balaban J connectivity index is 1.29. The molecule has 1 saturated heterocycles. The van der Waals surface area contributed by atoms with Gasteiger partial charge in [0.05, 0.1) is 6.54 Å². The molecule has 0 saturated carbocycles. The number of nitrogens with one attached hydrogen (secondary N) is 1. The number of carbonyl (C=O) groups is 1. The molecule has 4 rings (SSSR count). The van der Waals surface area contributed by atoms with Crippen LogP contribution >= 0.6 is 38.5 Å². The SMILES string of the molecule is Cc1cc(I)ccc1NC(=O)C1CCN(Cc2nc(-c3ccc(Br)cc3)no2)CC1. The summed E-state index contributed by atoms with van der Waals surface area (Å²) in [6, 6.07) is 13.9. The van der Waals surface area contributed by atoms with E-state index in [4.69, 9.17) is 4.52 Å². The Hall–Kier alpha value is -1.78. The lowest BCUT2D eigenvalue weighted by atomic mass is 9.95. The van der Waals surface area contributed by atoms with Gasteiger partial charge in [-0.1, -0.05) is 21.1 Å². The Kier molecular flexibility index (Phi) is 6.84. The highest BCUT2D eigenvalue weighted by molar-refractivity contribution is 14.1. The quantitative estimate of drug-likeness (QED) is 0.417. The Labute approximate surface area is 197 Å². The third-order valence-electron chi connectivity index (χ3n) is 5.33. The lowest BCUT2D eigenvalue weighted by Crippen LogP contribution is -2.37. The molecule has 3 aromatic rings. The minimum atomic E-state index is 0.0286. The van der Waals surface area contributed by atoms with Crippen LogP contribution in [-0.2, 0) is 11.3 Å². The van der Waals surface area contributed by atoms with Crippen LogP contribution in [0.3, 0.4) is 0 Å². The normalized spacial score (nSPS) is 15.3. The molecule has 1 fully saturated rings. The number of piperidine rings is 1. The summed E-state index contributed by atoms with van der Waals surface area (Å²) in [5, 5.41) is 7.19. The molecule has 156 valence electrons. The van der Waals surface area contributed by atoms with E-state index in [2.05, 4.69) is 64.9 Å². The molecule has 6 nitrogen and oxygen atoms in total. The number of benzene rings is 2. The predicted octanol–water partition coefficient (Wildman–Crippen LogP) is 5.26. The second-order valence-corrected chi connectivity index (χ2v) is 9.68. The van der Waals surface area contributed by atoms with Gasteiger partial charge in [-0.05, 0) is 103 Å². The van der Waals surface area contributed by atoms with Gasteiger partial charge in [0.2, 0.25) is 17.6 Å². The zero-order valence-electron chi connectivity index (χ0n) is 16.6. The summed E-state index contributed by atoms with van der Waals surface area (Å²) in [6.45, 7) is 4.29. The number of halogens is 2. The number of nitrogens with zero attached hydrogens (tertiary/aromatic N) is 3. The predicted molar refractivity (Wildman–Crippen MR) is 128 cm³/mol. The standard InChI is InChI=1S/C22H22BrIN4O2/c1-14-12-18(24)6-7-19(14)25-22(29)16-8-10-28(11-9-16)13-20-26-21(27-30-20)15-2-4-17(23)5-3-15/h2-7,12,16H,8-11,13H2,1H3,(H,25,29). The second-order valence-electron chi connectivity index (χ2n) is 7.52. The summed E-state index contributed by atoms with van der Waals surface area (Å²) in [6.07, 6.45) is 1.64. The molecule has 1 aliphatic heterocycles. The summed E-state index contributed by atoms with van der Waals surface area (Å²) < 4.78 is 7.61. The first kappa shape index (κ1) is 21.5. The fourth-order valence-electron chi connectivity index (χ4n) is 3.58. The van der Waals surface area contributed by atoms with Crippen molar-refractivity contribution in [3.63, 3.8) is 0 Å². The maximum Gasteiger partial charge on any atom is 0.241 e. The van der Waals surface area contributed by atoms with E-state index < -0.39 is 0 Å². The molecule has 8 heteroatoms. The summed E-state index contributed by atoms with van der Waals surface area (Å²) in [5.41, 5.74) is 2.91. The van der Waals surface area contributed by atoms with Gasteiger partial charge in [-0.15, -0.1) is 0 Å². The molecule has 1 aromatic heterocycles. The second kappa shape index (κ2) is 9.57. The number of carbonyl (C=O) groups excluding carboxylic acids is 1. The molecule has 2 aromatic carbocycles. The number of hydrogen-bond acceptors (Lipinski definition) is 5. The van der Waals surface area contributed by atoms with Gasteiger partial charge in [0.25, 0.3) is 0 Å². The molecule has 0 spiro atoms. The number of rotatable bonds is 5. The summed E-state index contributed by atoms with van der Waals surface area (Å²) in [5.74, 6) is 1.33. The number of anilines is 1. The zero-order valence-corrected chi connectivity index (χ0v) is 20.3. The van der Waals surface area contributed by atoms with Gasteiger partial charge < -0.3 is 9.84 Å². The molecule has 0 aliphatic carbocycles. The van der Waals surface area contributed by atoms with Crippen LogP contribution < -0.4 is 5.32 Å². The van der Waals surface area contributed by atoms with Gasteiger partial charge in [0, 0.05) is 25.2 Å². The van der Waals surface area contributed by atoms with E-state index in [9.17, 15) is 4.79 Å². The van der Waals surface area contributed by atoms with Crippen LogP contribution in [0.2, 0.25) is 0 Å². The van der Waals surface area contributed by atoms with Crippen molar-refractivity contribution in [2.24, 2.45) is 5.92 Å². The van der Waals surface area contributed by atoms with Gasteiger partial charge in [-0.3, -0.25) is 9.69 Å². The maximum absolute atomic E-state index is 12.7. The molecule has 0 atom stereocenters. The molecular weight excluding hydrogens is 559 g/mol. The van der Waals surface area contributed by atoms with Crippen molar-refractivity contribution >= 4 is 50.1 Å². The van der Waals surface area contributed by atoms with Crippen molar-refractivity contribution < 1.29 is 9.32 Å². The van der Waals surface area contributed by atoms with Crippen LogP contribution in [0.4, 0.5) is 5.69 Å². The highest BCUT2D eigenvalue weighted by atomic mass is 127. The Morgan fingerprint density at radius 3 is 2.67 bits per heavy atom. The van der Waals surface area contributed by atoms with E-state index in [1.165, 1.54) is 3.57 Å². The minimum Gasteiger partial charge on any atom is -0.338 e. The van der Waals surface area contributed by atoms with Crippen molar-refractivity contribution in [2.75, 3.05) is 18.4 Å². The van der Waals surface area contributed by atoms with Crippen LogP contribution in [0.5, 0.6) is 0 Å². The largest absolute Gasteiger partial charge is 0.338 e. The van der Waals surface area contributed by atoms with Gasteiger partial charge in [0.1, 0.15) is 0 Å². The third kappa shape index (κ3) is 5.28. The molecule has 30 heavy (non-hydrogen) atoms.